The van der Waals surface area contributed by atoms with Gasteiger partial charge in [0, 0.05) is 19.0 Å². The summed E-state index contributed by atoms with van der Waals surface area (Å²) in [5.41, 5.74) is 0.901. The molecule has 1 nitrogen and oxygen atoms in total. The minimum Gasteiger partial charge on any atom is -0.302 e. The fraction of sp³-hybridized carbons (Fsp3) is 0.125. The zero-order valence-corrected chi connectivity index (χ0v) is 12.6. The molecule has 0 aliphatic carbocycles. The number of halogens is 4. The second kappa shape index (κ2) is 5.05. The van der Waals surface area contributed by atoms with Crippen LogP contribution < -0.4 is 0 Å². The van der Waals surface area contributed by atoms with E-state index in [1.54, 1.807) is 0 Å². The van der Waals surface area contributed by atoms with Crippen LogP contribution in [0, 0.1) is 0 Å². The second-order valence-electron chi connectivity index (χ2n) is 2.32. The van der Waals surface area contributed by atoms with Gasteiger partial charge in [0.1, 0.15) is 6.29 Å². The Kier molecular flexibility index (Phi) is 4.62. The molecule has 0 amide bonds. The van der Waals surface area contributed by atoms with Gasteiger partial charge in [-0.05, 0) is 12.1 Å². The Morgan fingerprint density at radius 1 is 1.15 bits per heavy atom. The van der Waals surface area contributed by atoms with Gasteiger partial charge in [0.2, 0.25) is 0 Å². The summed E-state index contributed by atoms with van der Waals surface area (Å²) in [7, 11) is 0. The first-order valence-corrected chi connectivity index (χ1v) is 6.59. The fourth-order valence-electron chi connectivity index (χ4n) is 0.885. The van der Waals surface area contributed by atoms with Crippen molar-refractivity contribution in [3.8, 4) is 0 Å². The molecule has 1 aromatic rings. The van der Waals surface area contributed by atoms with Crippen molar-refractivity contribution >= 4 is 70.0 Å². The number of carbonyl (C=O) groups is 1. The molecular formula is C8H4Br4O. The molecule has 0 spiro atoms. The first-order valence-electron chi connectivity index (χ1n) is 3.30. The van der Waals surface area contributed by atoms with E-state index in [2.05, 4.69) is 63.7 Å². The lowest BCUT2D eigenvalue weighted by molar-refractivity contribution is -0.107. The minimum absolute atomic E-state index is 0.288. The van der Waals surface area contributed by atoms with Gasteiger partial charge >= 0.3 is 0 Å². The van der Waals surface area contributed by atoms with Crippen molar-refractivity contribution in [2.24, 2.45) is 0 Å². The molecule has 0 aromatic heterocycles. The number of hydrogen-bond donors (Lipinski definition) is 0. The molecule has 0 bridgehead atoms. The van der Waals surface area contributed by atoms with Crippen LogP contribution in [0.2, 0.25) is 0 Å². The van der Waals surface area contributed by atoms with E-state index in [-0.39, 0.29) is 4.83 Å². The molecule has 1 rings (SSSR count). The SMILES string of the molecule is O=CC(Br)c1c(Br)cc(Br)cc1Br. The van der Waals surface area contributed by atoms with Crippen molar-refractivity contribution in [2.75, 3.05) is 0 Å². The van der Waals surface area contributed by atoms with Crippen molar-refractivity contribution in [3.05, 3.63) is 31.1 Å². The molecule has 1 atom stereocenters. The quantitative estimate of drug-likeness (QED) is 0.490. The zero-order chi connectivity index (χ0) is 10.0. The Morgan fingerprint density at radius 3 is 2.00 bits per heavy atom. The van der Waals surface area contributed by atoms with Gasteiger partial charge in [0.25, 0.3) is 0 Å². The predicted molar refractivity (Wildman–Crippen MR) is 67.3 cm³/mol. The van der Waals surface area contributed by atoms with Crippen molar-refractivity contribution < 1.29 is 4.79 Å². The summed E-state index contributed by atoms with van der Waals surface area (Å²) in [5.74, 6) is 0. The standard InChI is InChI=1S/C8H4Br4O/c9-4-1-5(10)8(6(11)2-4)7(12)3-13/h1-3,7H. The molecule has 0 heterocycles. The first kappa shape index (κ1) is 11.9. The van der Waals surface area contributed by atoms with E-state index in [0.29, 0.717) is 0 Å². The van der Waals surface area contributed by atoms with E-state index < -0.39 is 0 Å². The highest BCUT2D eigenvalue weighted by molar-refractivity contribution is 9.12. The van der Waals surface area contributed by atoms with E-state index in [1.807, 2.05) is 12.1 Å². The van der Waals surface area contributed by atoms with Crippen molar-refractivity contribution in [1.29, 1.82) is 0 Å². The molecule has 0 fully saturated rings. The summed E-state index contributed by atoms with van der Waals surface area (Å²) in [6, 6.07) is 3.80. The van der Waals surface area contributed by atoms with Crippen molar-refractivity contribution in [1.82, 2.24) is 0 Å². The molecule has 0 aliphatic heterocycles. The third-order valence-electron chi connectivity index (χ3n) is 1.44. The summed E-state index contributed by atoms with van der Waals surface area (Å²) < 4.78 is 2.74. The van der Waals surface area contributed by atoms with Crippen LogP contribution in [0.15, 0.2) is 25.6 Å². The summed E-state index contributed by atoms with van der Waals surface area (Å²) in [6.45, 7) is 0. The van der Waals surface area contributed by atoms with Gasteiger partial charge in [-0.15, -0.1) is 0 Å². The van der Waals surface area contributed by atoms with Crippen LogP contribution in [0.5, 0.6) is 0 Å². The molecule has 0 saturated heterocycles. The van der Waals surface area contributed by atoms with Gasteiger partial charge in [0.05, 0.1) is 4.83 Å². The lowest BCUT2D eigenvalue weighted by Gasteiger charge is -2.09. The van der Waals surface area contributed by atoms with E-state index in [9.17, 15) is 4.79 Å². The van der Waals surface area contributed by atoms with Crippen LogP contribution in [0.1, 0.15) is 10.4 Å². The number of aldehydes is 1. The van der Waals surface area contributed by atoms with Crippen LogP contribution >= 0.6 is 63.7 Å². The summed E-state index contributed by atoms with van der Waals surface area (Å²) >= 11 is 13.4. The molecule has 0 aliphatic rings. The minimum atomic E-state index is -0.288. The van der Waals surface area contributed by atoms with Crippen LogP contribution in [0.3, 0.4) is 0 Å². The first-order chi connectivity index (χ1) is 6.06. The molecule has 1 unspecified atom stereocenters. The largest absolute Gasteiger partial charge is 0.302 e. The van der Waals surface area contributed by atoms with Gasteiger partial charge in [0.15, 0.2) is 0 Å². The van der Waals surface area contributed by atoms with Crippen molar-refractivity contribution in [2.45, 2.75) is 4.83 Å². The summed E-state index contributed by atoms with van der Waals surface area (Å²) in [5, 5.41) is 0. The molecule has 0 radical (unpaired) electrons. The van der Waals surface area contributed by atoms with E-state index in [0.717, 1.165) is 25.3 Å². The Hall–Kier alpha value is 0.810. The monoisotopic (exact) mass is 432 g/mol. The molecule has 0 saturated carbocycles. The number of hydrogen-bond acceptors (Lipinski definition) is 1. The van der Waals surface area contributed by atoms with Gasteiger partial charge < -0.3 is 4.79 Å². The van der Waals surface area contributed by atoms with E-state index >= 15 is 0 Å². The van der Waals surface area contributed by atoms with Gasteiger partial charge in [-0.1, -0.05) is 63.7 Å². The lowest BCUT2D eigenvalue weighted by atomic mass is 10.2. The molecular weight excluding hydrogens is 432 g/mol. The Balaban J connectivity index is 3.28. The second-order valence-corrected chi connectivity index (χ2v) is 5.93. The Morgan fingerprint density at radius 2 is 1.62 bits per heavy atom. The van der Waals surface area contributed by atoms with Gasteiger partial charge in [-0.2, -0.15) is 0 Å². The third-order valence-corrected chi connectivity index (χ3v) is 3.88. The van der Waals surface area contributed by atoms with E-state index in [1.165, 1.54) is 0 Å². The maximum Gasteiger partial charge on any atom is 0.138 e. The zero-order valence-electron chi connectivity index (χ0n) is 6.23. The molecule has 13 heavy (non-hydrogen) atoms. The van der Waals surface area contributed by atoms with Crippen LogP contribution in [-0.2, 0) is 4.79 Å². The molecule has 5 heteroatoms. The molecule has 70 valence electrons. The Labute approximate surface area is 110 Å². The van der Waals surface area contributed by atoms with E-state index in [4.69, 9.17) is 0 Å². The topological polar surface area (TPSA) is 17.1 Å². The predicted octanol–water partition coefficient (Wildman–Crippen LogP) is 4.61. The number of alkyl halides is 1. The van der Waals surface area contributed by atoms with Crippen LogP contribution in [0.4, 0.5) is 0 Å². The highest BCUT2D eigenvalue weighted by Crippen LogP contribution is 2.36. The number of benzene rings is 1. The molecule has 1 aromatic carbocycles. The fourth-order valence-corrected chi connectivity index (χ4v) is 4.74. The normalized spacial score (nSPS) is 12.6. The van der Waals surface area contributed by atoms with Gasteiger partial charge in [-0.3, -0.25) is 0 Å². The third kappa shape index (κ3) is 2.88. The average molecular weight is 436 g/mol. The maximum atomic E-state index is 10.6. The highest BCUT2D eigenvalue weighted by Gasteiger charge is 2.14. The number of rotatable bonds is 2. The van der Waals surface area contributed by atoms with Crippen LogP contribution in [0.25, 0.3) is 0 Å². The number of carbonyl (C=O) groups excluding carboxylic acids is 1. The van der Waals surface area contributed by atoms with Crippen molar-refractivity contribution in [3.63, 3.8) is 0 Å². The van der Waals surface area contributed by atoms with Gasteiger partial charge in [-0.25, -0.2) is 0 Å². The average Bonchev–Trinajstić information content (AvgIpc) is 2.02. The lowest BCUT2D eigenvalue weighted by Crippen LogP contribution is -1.94. The summed E-state index contributed by atoms with van der Waals surface area (Å²) in [4.78, 5) is 10.3. The summed E-state index contributed by atoms with van der Waals surface area (Å²) in [6.07, 6.45) is 0.846. The Bertz CT molecular complexity index is 314. The highest BCUT2D eigenvalue weighted by atomic mass is 79.9. The van der Waals surface area contributed by atoms with Crippen LogP contribution in [-0.4, -0.2) is 6.29 Å². The maximum absolute atomic E-state index is 10.6. The molecule has 0 N–H and O–H groups in total. The smallest absolute Gasteiger partial charge is 0.138 e.